The minimum absolute atomic E-state index is 0.253. The Labute approximate surface area is 114 Å². The van der Waals surface area contributed by atoms with Crippen molar-refractivity contribution < 1.29 is 9.53 Å². The zero-order valence-electron chi connectivity index (χ0n) is 11.9. The molecule has 0 amide bonds. The van der Waals surface area contributed by atoms with Crippen LogP contribution in [0.2, 0.25) is 0 Å². The van der Waals surface area contributed by atoms with Gasteiger partial charge in [0.05, 0.1) is 18.7 Å². The van der Waals surface area contributed by atoms with Crippen LogP contribution in [0.4, 0.5) is 0 Å². The van der Waals surface area contributed by atoms with Crippen molar-refractivity contribution in [3.63, 3.8) is 0 Å². The minimum Gasteiger partial charge on any atom is -0.467 e. The third-order valence-corrected chi connectivity index (χ3v) is 2.34. The quantitative estimate of drug-likeness (QED) is 0.617. The van der Waals surface area contributed by atoms with Crippen LogP contribution in [0.3, 0.4) is 0 Å². The summed E-state index contributed by atoms with van der Waals surface area (Å²) in [5.41, 5.74) is 0.774. The monoisotopic (exact) mass is 260 g/mol. The second-order valence-corrected chi connectivity index (χ2v) is 5.24. The Hall–Kier alpha value is -1.93. The molecule has 102 valence electrons. The van der Waals surface area contributed by atoms with Crippen LogP contribution in [0, 0.1) is 0 Å². The zero-order valence-corrected chi connectivity index (χ0v) is 11.9. The third kappa shape index (κ3) is 5.98. The Morgan fingerprint density at radius 2 is 1.95 bits per heavy atom. The van der Waals surface area contributed by atoms with Crippen LogP contribution in [0.25, 0.3) is 0 Å². The van der Waals surface area contributed by atoms with Gasteiger partial charge in [0, 0.05) is 6.42 Å². The van der Waals surface area contributed by atoms with E-state index in [0.29, 0.717) is 6.42 Å². The lowest BCUT2D eigenvalue weighted by Crippen LogP contribution is -2.22. The number of aliphatic imine (C=N–C) groups is 2. The normalized spacial score (nSPS) is 12.2. The van der Waals surface area contributed by atoms with Gasteiger partial charge in [0.1, 0.15) is 0 Å². The molecule has 0 saturated heterocycles. The first-order valence-electron chi connectivity index (χ1n) is 6.21. The van der Waals surface area contributed by atoms with Crippen LogP contribution >= 0.6 is 0 Å². The predicted molar refractivity (Wildman–Crippen MR) is 75.6 cm³/mol. The number of carbonyl (C=O) groups excluding carboxylic acids is 1. The summed E-state index contributed by atoms with van der Waals surface area (Å²) in [5.74, 6) is -0.375. The summed E-state index contributed by atoms with van der Waals surface area (Å²) < 4.78 is 4.75. The molecule has 1 aromatic rings. The fraction of sp³-hybridized carbons (Fsp3) is 0.467. The number of nitrogens with zero attached hydrogens (tertiary/aromatic N) is 2. The van der Waals surface area contributed by atoms with Crippen LogP contribution < -0.4 is 0 Å². The molecule has 1 rings (SSSR count). The Morgan fingerprint density at radius 1 is 1.32 bits per heavy atom. The molecule has 4 heteroatoms. The van der Waals surface area contributed by atoms with Gasteiger partial charge in [-0.15, -0.1) is 0 Å². The van der Waals surface area contributed by atoms with Crippen LogP contribution in [0.5, 0.6) is 0 Å². The van der Waals surface area contributed by atoms with E-state index in [1.807, 2.05) is 51.1 Å². The largest absolute Gasteiger partial charge is 0.467 e. The summed E-state index contributed by atoms with van der Waals surface area (Å²) in [5, 5.41) is 0. The van der Waals surface area contributed by atoms with Crippen molar-refractivity contribution in [3.05, 3.63) is 35.9 Å². The second-order valence-electron chi connectivity index (χ2n) is 5.24. The summed E-state index contributed by atoms with van der Waals surface area (Å²) in [7, 11) is 1.36. The number of methoxy groups -OCH3 is 1. The average molecular weight is 260 g/mol. The number of rotatable bonds is 4. The highest BCUT2D eigenvalue weighted by Gasteiger charge is 2.18. The van der Waals surface area contributed by atoms with Gasteiger partial charge in [-0.3, -0.25) is 0 Å². The van der Waals surface area contributed by atoms with Crippen molar-refractivity contribution in [2.75, 3.05) is 7.11 Å². The van der Waals surface area contributed by atoms with Crippen LogP contribution in [0.1, 0.15) is 26.3 Å². The van der Waals surface area contributed by atoms with Gasteiger partial charge in [-0.25, -0.2) is 14.8 Å². The number of benzene rings is 1. The molecular formula is C15H20N2O2. The minimum atomic E-state index is -0.599. The molecule has 4 nitrogen and oxygen atoms in total. The Morgan fingerprint density at radius 3 is 2.47 bits per heavy atom. The van der Waals surface area contributed by atoms with E-state index in [9.17, 15) is 4.79 Å². The molecule has 0 N–H and O–H groups in total. The van der Waals surface area contributed by atoms with Gasteiger partial charge in [-0.1, -0.05) is 30.3 Å². The summed E-state index contributed by atoms with van der Waals surface area (Å²) in [4.78, 5) is 19.9. The van der Waals surface area contributed by atoms with Gasteiger partial charge in [-0.05, 0) is 26.3 Å². The van der Waals surface area contributed by atoms with Crippen molar-refractivity contribution in [2.45, 2.75) is 38.8 Å². The van der Waals surface area contributed by atoms with Crippen molar-refractivity contribution in [2.24, 2.45) is 9.98 Å². The lowest BCUT2D eigenvalue weighted by Gasteiger charge is -2.10. The first-order chi connectivity index (χ1) is 8.92. The van der Waals surface area contributed by atoms with E-state index < -0.39 is 6.04 Å². The SMILES string of the molecule is COC(=O)[C@H](Cc1ccccc1)N=C=NC(C)(C)C. The predicted octanol–water partition coefficient (Wildman–Crippen LogP) is 2.74. The molecule has 0 spiro atoms. The van der Waals surface area contributed by atoms with E-state index in [0.717, 1.165) is 5.56 Å². The third-order valence-electron chi connectivity index (χ3n) is 2.34. The molecule has 0 heterocycles. The maximum Gasteiger partial charge on any atom is 0.331 e. The molecular weight excluding hydrogens is 240 g/mol. The molecule has 1 aromatic carbocycles. The molecule has 0 bridgehead atoms. The molecule has 0 aliphatic carbocycles. The van der Waals surface area contributed by atoms with E-state index in [-0.39, 0.29) is 11.5 Å². The topological polar surface area (TPSA) is 51.0 Å². The van der Waals surface area contributed by atoms with Crippen molar-refractivity contribution >= 4 is 12.0 Å². The number of hydrogen-bond donors (Lipinski definition) is 0. The lowest BCUT2D eigenvalue weighted by atomic mass is 10.1. The number of carbonyl (C=O) groups is 1. The summed E-state index contributed by atoms with van der Waals surface area (Å²) in [6.45, 7) is 5.83. The van der Waals surface area contributed by atoms with Gasteiger partial charge < -0.3 is 4.74 Å². The molecule has 0 saturated carbocycles. The standard InChI is InChI=1S/C15H20N2O2/c1-15(2,3)17-11-16-13(14(18)19-4)10-12-8-6-5-7-9-12/h5-9,13H,10H2,1-4H3/t13-/m0/s1. The van der Waals surface area contributed by atoms with Crippen molar-refractivity contribution in [3.8, 4) is 0 Å². The molecule has 1 atom stereocenters. The van der Waals surface area contributed by atoms with E-state index in [1.54, 1.807) is 0 Å². The fourth-order valence-electron chi connectivity index (χ4n) is 1.40. The summed E-state index contributed by atoms with van der Waals surface area (Å²) in [6.07, 6.45) is 0.486. The fourth-order valence-corrected chi connectivity index (χ4v) is 1.40. The van der Waals surface area contributed by atoms with Crippen molar-refractivity contribution in [1.82, 2.24) is 0 Å². The molecule has 0 radical (unpaired) electrons. The van der Waals surface area contributed by atoms with E-state index >= 15 is 0 Å². The smallest absolute Gasteiger partial charge is 0.331 e. The van der Waals surface area contributed by atoms with Gasteiger partial charge in [0.2, 0.25) is 0 Å². The zero-order chi connectivity index (χ0) is 14.3. The highest BCUT2D eigenvalue weighted by molar-refractivity contribution is 5.77. The lowest BCUT2D eigenvalue weighted by molar-refractivity contribution is -0.142. The van der Waals surface area contributed by atoms with E-state index in [2.05, 4.69) is 16.0 Å². The number of ether oxygens (including phenoxy) is 1. The van der Waals surface area contributed by atoms with Crippen LogP contribution in [-0.2, 0) is 16.0 Å². The van der Waals surface area contributed by atoms with E-state index in [1.165, 1.54) is 7.11 Å². The molecule has 0 aliphatic rings. The van der Waals surface area contributed by atoms with Gasteiger partial charge >= 0.3 is 5.97 Å². The maximum absolute atomic E-state index is 11.7. The Bertz CT molecular complexity index is 469. The van der Waals surface area contributed by atoms with Crippen LogP contribution in [-0.4, -0.2) is 30.7 Å². The Balaban J connectivity index is 2.85. The van der Waals surface area contributed by atoms with Gasteiger partial charge in [-0.2, -0.15) is 0 Å². The molecule has 0 aliphatic heterocycles. The molecule has 0 aromatic heterocycles. The van der Waals surface area contributed by atoms with E-state index in [4.69, 9.17) is 4.74 Å². The van der Waals surface area contributed by atoms with Gasteiger partial charge in [0.25, 0.3) is 0 Å². The maximum atomic E-state index is 11.7. The number of esters is 1. The van der Waals surface area contributed by atoms with Crippen molar-refractivity contribution in [1.29, 1.82) is 0 Å². The highest BCUT2D eigenvalue weighted by atomic mass is 16.5. The first-order valence-corrected chi connectivity index (χ1v) is 6.21. The summed E-state index contributed by atoms with van der Waals surface area (Å²) >= 11 is 0. The second kappa shape index (κ2) is 6.86. The molecule has 0 unspecified atom stereocenters. The average Bonchev–Trinajstić information content (AvgIpc) is 2.36. The highest BCUT2D eigenvalue weighted by Crippen LogP contribution is 2.08. The first kappa shape index (κ1) is 15.1. The Kier molecular flexibility index (Phi) is 5.46. The summed E-state index contributed by atoms with van der Waals surface area (Å²) in [6, 6.07) is 11.7. The number of hydrogen-bond acceptors (Lipinski definition) is 4. The molecule has 0 fully saturated rings. The van der Waals surface area contributed by atoms with Gasteiger partial charge in [0.15, 0.2) is 6.04 Å². The van der Waals surface area contributed by atoms with Crippen LogP contribution in [0.15, 0.2) is 40.3 Å². The molecule has 19 heavy (non-hydrogen) atoms.